The van der Waals surface area contributed by atoms with Gasteiger partial charge in [0.25, 0.3) is 0 Å². The van der Waals surface area contributed by atoms with Crippen LogP contribution in [0.2, 0.25) is 0 Å². The van der Waals surface area contributed by atoms with Gasteiger partial charge in [-0.3, -0.25) is 0 Å². The van der Waals surface area contributed by atoms with Crippen LogP contribution in [-0.2, 0) is 6.54 Å². The van der Waals surface area contributed by atoms with E-state index in [0.717, 1.165) is 23.6 Å². The van der Waals surface area contributed by atoms with Crippen molar-refractivity contribution in [3.63, 3.8) is 0 Å². The number of nitrogens with zero attached hydrogens (tertiary/aromatic N) is 3. The van der Waals surface area contributed by atoms with Crippen LogP contribution in [-0.4, -0.2) is 28.1 Å². The van der Waals surface area contributed by atoms with Crippen molar-refractivity contribution in [2.75, 3.05) is 18.1 Å². The summed E-state index contributed by atoms with van der Waals surface area (Å²) in [5.41, 5.74) is 8.26. The number of para-hydroxylation sites is 1. The third kappa shape index (κ3) is 2.95. The summed E-state index contributed by atoms with van der Waals surface area (Å²) >= 11 is 5.02. The van der Waals surface area contributed by atoms with Gasteiger partial charge in [-0.1, -0.05) is 30.4 Å². The van der Waals surface area contributed by atoms with Crippen LogP contribution in [0.25, 0.3) is 0 Å². The summed E-state index contributed by atoms with van der Waals surface area (Å²) in [4.78, 5) is 11.3. The molecule has 0 spiro atoms. The van der Waals surface area contributed by atoms with Gasteiger partial charge in [0.2, 0.25) is 5.95 Å². The molecule has 0 radical (unpaired) electrons. The Morgan fingerprint density at radius 1 is 1.33 bits per heavy atom. The first-order chi connectivity index (χ1) is 10.1. The zero-order chi connectivity index (χ0) is 14.8. The molecule has 1 aliphatic rings. The van der Waals surface area contributed by atoms with E-state index < -0.39 is 0 Å². The van der Waals surface area contributed by atoms with Gasteiger partial charge in [-0.15, -0.1) is 0 Å². The Balaban J connectivity index is 1.95. The van der Waals surface area contributed by atoms with Crippen molar-refractivity contribution < 1.29 is 4.74 Å². The average molecular weight is 300 g/mol. The molecular formula is C15H16N4OS. The molecule has 0 fully saturated rings. The molecule has 6 heteroatoms. The summed E-state index contributed by atoms with van der Waals surface area (Å²) in [6.45, 7) is 3.93. The van der Waals surface area contributed by atoms with Crippen LogP contribution in [0.15, 0.2) is 30.3 Å². The van der Waals surface area contributed by atoms with Crippen LogP contribution in [0.3, 0.4) is 0 Å². The molecule has 1 aromatic carbocycles. The van der Waals surface area contributed by atoms with E-state index in [1.165, 1.54) is 0 Å². The SMILES string of the molecule is Cc1cc(C(N)=S)nc(N2CCOc3ccccc3C2)n1. The number of aryl methyl sites for hydroxylation is 1. The molecule has 0 bridgehead atoms. The standard InChI is InChI=1S/C15H16N4OS/c1-10-8-12(14(16)21)18-15(17-10)19-6-7-20-13-5-3-2-4-11(13)9-19/h2-5,8H,6-7,9H2,1H3,(H2,16,21). The lowest BCUT2D eigenvalue weighted by Crippen LogP contribution is -2.28. The highest BCUT2D eigenvalue weighted by Crippen LogP contribution is 2.24. The lowest BCUT2D eigenvalue weighted by atomic mass is 10.2. The Kier molecular flexibility index (Phi) is 3.70. The summed E-state index contributed by atoms with van der Waals surface area (Å²) in [6, 6.07) is 9.81. The molecule has 108 valence electrons. The zero-order valence-electron chi connectivity index (χ0n) is 11.7. The Morgan fingerprint density at radius 2 is 2.14 bits per heavy atom. The quantitative estimate of drug-likeness (QED) is 0.854. The Bertz CT molecular complexity index is 689. The van der Waals surface area contributed by atoms with E-state index >= 15 is 0 Å². The summed E-state index contributed by atoms with van der Waals surface area (Å²) < 4.78 is 5.76. The second kappa shape index (κ2) is 5.65. The lowest BCUT2D eigenvalue weighted by Gasteiger charge is -2.20. The topological polar surface area (TPSA) is 64.3 Å². The largest absolute Gasteiger partial charge is 0.491 e. The molecule has 5 nitrogen and oxygen atoms in total. The maximum atomic E-state index is 5.76. The van der Waals surface area contributed by atoms with Crippen molar-refractivity contribution in [1.29, 1.82) is 0 Å². The first kappa shape index (κ1) is 13.8. The van der Waals surface area contributed by atoms with Crippen molar-refractivity contribution in [2.45, 2.75) is 13.5 Å². The molecule has 21 heavy (non-hydrogen) atoms. The van der Waals surface area contributed by atoms with Crippen LogP contribution in [0.1, 0.15) is 17.0 Å². The molecule has 0 aliphatic carbocycles. The first-order valence-electron chi connectivity index (χ1n) is 6.74. The molecule has 2 N–H and O–H groups in total. The molecule has 3 rings (SSSR count). The summed E-state index contributed by atoms with van der Waals surface area (Å²) in [7, 11) is 0. The summed E-state index contributed by atoms with van der Waals surface area (Å²) in [6.07, 6.45) is 0. The van der Waals surface area contributed by atoms with Gasteiger partial charge in [0.1, 0.15) is 23.0 Å². The van der Waals surface area contributed by atoms with Crippen LogP contribution in [0, 0.1) is 6.92 Å². The Hall–Kier alpha value is -2.21. The van der Waals surface area contributed by atoms with Crippen LogP contribution in [0.5, 0.6) is 5.75 Å². The number of benzene rings is 1. The monoisotopic (exact) mass is 300 g/mol. The smallest absolute Gasteiger partial charge is 0.226 e. The van der Waals surface area contributed by atoms with E-state index in [4.69, 9.17) is 22.7 Å². The third-order valence-electron chi connectivity index (χ3n) is 3.33. The number of rotatable bonds is 2. The van der Waals surface area contributed by atoms with E-state index in [1.54, 1.807) is 6.07 Å². The van der Waals surface area contributed by atoms with Gasteiger partial charge >= 0.3 is 0 Å². The molecule has 2 aromatic rings. The van der Waals surface area contributed by atoms with Gasteiger partial charge in [0.15, 0.2) is 0 Å². The van der Waals surface area contributed by atoms with Gasteiger partial charge in [-0.05, 0) is 19.1 Å². The van der Waals surface area contributed by atoms with E-state index in [2.05, 4.69) is 20.9 Å². The maximum absolute atomic E-state index is 5.76. The number of ether oxygens (including phenoxy) is 1. The minimum Gasteiger partial charge on any atom is -0.491 e. The Labute approximate surface area is 128 Å². The van der Waals surface area contributed by atoms with Crippen LogP contribution >= 0.6 is 12.2 Å². The number of aromatic nitrogens is 2. The number of fused-ring (bicyclic) bond motifs is 1. The van der Waals surface area contributed by atoms with Crippen LogP contribution in [0.4, 0.5) is 5.95 Å². The number of anilines is 1. The number of thiocarbonyl (C=S) groups is 1. The van der Waals surface area contributed by atoms with Gasteiger partial charge in [-0.25, -0.2) is 9.97 Å². The van der Waals surface area contributed by atoms with E-state index in [0.29, 0.717) is 24.8 Å². The number of hydrogen-bond donors (Lipinski definition) is 1. The highest BCUT2D eigenvalue weighted by atomic mass is 32.1. The zero-order valence-corrected chi connectivity index (χ0v) is 12.6. The number of hydrogen-bond acceptors (Lipinski definition) is 5. The van der Waals surface area contributed by atoms with E-state index in [9.17, 15) is 0 Å². The summed E-state index contributed by atoms with van der Waals surface area (Å²) in [5.74, 6) is 1.56. The molecule has 0 saturated heterocycles. The molecule has 0 atom stereocenters. The number of nitrogens with two attached hydrogens (primary N) is 1. The predicted octanol–water partition coefficient (Wildman–Crippen LogP) is 1.82. The first-order valence-corrected chi connectivity index (χ1v) is 7.15. The highest BCUT2D eigenvalue weighted by Gasteiger charge is 2.18. The van der Waals surface area contributed by atoms with E-state index in [1.807, 2.05) is 25.1 Å². The minimum atomic E-state index is 0.285. The van der Waals surface area contributed by atoms with Gasteiger partial charge < -0.3 is 15.4 Å². The average Bonchev–Trinajstić information content (AvgIpc) is 2.68. The molecule has 0 amide bonds. The van der Waals surface area contributed by atoms with Crippen molar-refractivity contribution in [2.24, 2.45) is 5.73 Å². The molecule has 0 unspecified atom stereocenters. The summed E-state index contributed by atoms with van der Waals surface area (Å²) in [5, 5.41) is 0. The molecule has 1 aromatic heterocycles. The predicted molar refractivity (Wildman–Crippen MR) is 85.6 cm³/mol. The Morgan fingerprint density at radius 3 is 2.95 bits per heavy atom. The van der Waals surface area contributed by atoms with E-state index in [-0.39, 0.29) is 4.99 Å². The minimum absolute atomic E-state index is 0.285. The fourth-order valence-electron chi connectivity index (χ4n) is 2.32. The molecule has 2 heterocycles. The van der Waals surface area contributed by atoms with Crippen molar-refractivity contribution >= 4 is 23.2 Å². The van der Waals surface area contributed by atoms with Gasteiger partial charge in [-0.2, -0.15) is 0 Å². The lowest BCUT2D eigenvalue weighted by molar-refractivity contribution is 0.331. The van der Waals surface area contributed by atoms with Gasteiger partial charge in [0, 0.05) is 17.8 Å². The second-order valence-electron chi connectivity index (χ2n) is 4.94. The van der Waals surface area contributed by atoms with Crippen molar-refractivity contribution in [3.8, 4) is 5.75 Å². The second-order valence-corrected chi connectivity index (χ2v) is 5.38. The van der Waals surface area contributed by atoms with Crippen molar-refractivity contribution in [1.82, 2.24) is 9.97 Å². The molecule has 1 aliphatic heterocycles. The third-order valence-corrected chi connectivity index (χ3v) is 3.54. The van der Waals surface area contributed by atoms with Crippen molar-refractivity contribution in [3.05, 3.63) is 47.3 Å². The fraction of sp³-hybridized carbons (Fsp3) is 0.267. The normalized spacial score (nSPS) is 14.0. The van der Waals surface area contributed by atoms with Gasteiger partial charge in [0.05, 0.1) is 6.54 Å². The maximum Gasteiger partial charge on any atom is 0.226 e. The van der Waals surface area contributed by atoms with Crippen LogP contribution < -0.4 is 15.4 Å². The molecule has 0 saturated carbocycles. The highest BCUT2D eigenvalue weighted by molar-refractivity contribution is 7.80. The molecular weight excluding hydrogens is 284 g/mol. The fourth-order valence-corrected chi connectivity index (χ4v) is 2.42.